The Kier molecular flexibility index (Phi) is 4.01. The monoisotopic (exact) mass is 263 g/mol. The van der Waals surface area contributed by atoms with E-state index >= 15 is 0 Å². The third-order valence-corrected chi connectivity index (χ3v) is 3.17. The first-order valence-electron chi connectivity index (χ1n) is 6.10. The average Bonchev–Trinajstić information content (AvgIpc) is 2.46. The maximum atomic E-state index is 11.8. The van der Waals surface area contributed by atoms with Crippen molar-refractivity contribution in [3.8, 4) is 0 Å². The quantitative estimate of drug-likeness (QED) is 0.734. The predicted molar refractivity (Wildman–Crippen MR) is 71.0 cm³/mol. The van der Waals surface area contributed by atoms with Crippen molar-refractivity contribution in [1.29, 1.82) is 0 Å². The number of anilines is 1. The summed E-state index contributed by atoms with van der Waals surface area (Å²) < 4.78 is 4.77. The number of nitrogens with zero attached hydrogens (tertiary/aromatic N) is 1. The largest absolute Gasteiger partial charge is 0.465 e. The lowest BCUT2D eigenvalue weighted by Gasteiger charge is -2.36. The highest BCUT2D eigenvalue weighted by molar-refractivity contribution is 5.97. The first-order chi connectivity index (χ1) is 9.19. The smallest absolute Gasteiger partial charge is 0.339 e. The van der Waals surface area contributed by atoms with Crippen molar-refractivity contribution in [3.63, 3.8) is 0 Å². The van der Waals surface area contributed by atoms with Crippen LogP contribution in [0.15, 0.2) is 24.3 Å². The Morgan fingerprint density at radius 1 is 1.53 bits per heavy atom. The molecule has 0 spiro atoms. The zero-order chi connectivity index (χ0) is 13.8. The number of ether oxygens (including phenoxy) is 1. The molecule has 1 aromatic carbocycles. The normalized spacial score (nSPS) is 18.9. The number of methoxy groups -OCH3 is 1. The number of carbonyl (C=O) groups is 2. The molecule has 1 aliphatic heterocycles. The van der Waals surface area contributed by atoms with Gasteiger partial charge in [-0.3, -0.25) is 4.79 Å². The topological polar surface area (TPSA) is 84.7 Å². The van der Waals surface area contributed by atoms with Crippen molar-refractivity contribution < 1.29 is 14.3 Å². The molecule has 1 aromatic rings. The van der Waals surface area contributed by atoms with Gasteiger partial charge in [-0.1, -0.05) is 12.1 Å². The van der Waals surface area contributed by atoms with Crippen LogP contribution >= 0.6 is 0 Å². The van der Waals surface area contributed by atoms with Gasteiger partial charge in [-0.05, 0) is 12.1 Å². The summed E-state index contributed by atoms with van der Waals surface area (Å²) >= 11 is 0. The highest BCUT2D eigenvalue weighted by Crippen LogP contribution is 2.24. The molecule has 1 heterocycles. The van der Waals surface area contributed by atoms with Gasteiger partial charge in [-0.2, -0.15) is 0 Å². The number of hydrogen-bond donors (Lipinski definition) is 2. The molecule has 3 N–H and O–H groups in total. The number of nitrogens with one attached hydrogen (secondary N) is 1. The molecule has 19 heavy (non-hydrogen) atoms. The number of hydrogen-bond acceptors (Lipinski definition) is 5. The number of nitrogens with two attached hydrogens (primary N) is 1. The first kappa shape index (κ1) is 13.4. The molecule has 1 atom stereocenters. The van der Waals surface area contributed by atoms with Crippen LogP contribution in [0.2, 0.25) is 0 Å². The Labute approximate surface area is 111 Å². The lowest BCUT2D eigenvalue weighted by Crippen LogP contribution is -2.58. The summed E-state index contributed by atoms with van der Waals surface area (Å²) in [4.78, 5) is 25.4. The van der Waals surface area contributed by atoms with E-state index in [0.717, 1.165) is 0 Å². The average molecular weight is 263 g/mol. The molecule has 1 aliphatic rings. The second kappa shape index (κ2) is 5.71. The number of rotatable bonds is 3. The summed E-state index contributed by atoms with van der Waals surface area (Å²) in [6.45, 7) is 1.34. The van der Waals surface area contributed by atoms with Gasteiger partial charge >= 0.3 is 5.97 Å². The third kappa shape index (κ3) is 2.53. The van der Waals surface area contributed by atoms with Gasteiger partial charge in [0.1, 0.15) is 6.04 Å². The minimum absolute atomic E-state index is 0.117. The van der Waals surface area contributed by atoms with Crippen LogP contribution in [0.25, 0.3) is 0 Å². The number of para-hydroxylation sites is 1. The number of benzene rings is 1. The molecule has 1 fully saturated rings. The van der Waals surface area contributed by atoms with Crippen molar-refractivity contribution in [2.75, 3.05) is 31.6 Å². The second-order valence-electron chi connectivity index (χ2n) is 4.24. The van der Waals surface area contributed by atoms with Crippen LogP contribution in [-0.2, 0) is 9.53 Å². The van der Waals surface area contributed by atoms with Crippen LogP contribution in [0.4, 0.5) is 5.69 Å². The van der Waals surface area contributed by atoms with Gasteiger partial charge in [-0.25, -0.2) is 4.79 Å². The molecular formula is C13H17N3O3. The zero-order valence-corrected chi connectivity index (χ0v) is 10.8. The molecule has 6 heteroatoms. The Bertz CT molecular complexity index is 490. The number of piperazine rings is 1. The van der Waals surface area contributed by atoms with Crippen molar-refractivity contribution >= 4 is 17.6 Å². The van der Waals surface area contributed by atoms with Gasteiger partial charge in [0.15, 0.2) is 0 Å². The number of esters is 1. The van der Waals surface area contributed by atoms with Crippen LogP contribution in [0.5, 0.6) is 0 Å². The van der Waals surface area contributed by atoms with Crippen LogP contribution in [0, 0.1) is 0 Å². The molecule has 0 radical (unpaired) electrons. The minimum atomic E-state index is -0.459. The van der Waals surface area contributed by atoms with Crippen LogP contribution < -0.4 is 16.0 Å². The molecule has 102 valence electrons. The van der Waals surface area contributed by atoms with Crippen LogP contribution in [0.1, 0.15) is 10.4 Å². The van der Waals surface area contributed by atoms with Gasteiger partial charge in [0, 0.05) is 19.6 Å². The molecular weight excluding hydrogens is 246 g/mol. The van der Waals surface area contributed by atoms with Crippen LogP contribution in [-0.4, -0.2) is 44.7 Å². The standard InChI is InChI=1S/C13H17N3O3/c1-19-13(18)9-4-2-3-5-10(9)16-7-6-15-12(17)11(16)8-14/h2-5,11H,6-8,14H2,1H3,(H,15,17). The Hall–Kier alpha value is -2.08. The maximum Gasteiger partial charge on any atom is 0.339 e. The van der Waals surface area contributed by atoms with E-state index in [2.05, 4.69) is 5.32 Å². The van der Waals surface area contributed by atoms with E-state index < -0.39 is 12.0 Å². The van der Waals surface area contributed by atoms with E-state index in [1.165, 1.54) is 7.11 Å². The molecule has 6 nitrogen and oxygen atoms in total. The van der Waals surface area contributed by atoms with E-state index in [9.17, 15) is 9.59 Å². The van der Waals surface area contributed by atoms with E-state index in [0.29, 0.717) is 24.3 Å². The van der Waals surface area contributed by atoms with E-state index in [-0.39, 0.29) is 12.5 Å². The minimum Gasteiger partial charge on any atom is -0.465 e. The van der Waals surface area contributed by atoms with Gasteiger partial charge in [0.05, 0.1) is 18.4 Å². The van der Waals surface area contributed by atoms with E-state index in [1.54, 1.807) is 18.2 Å². The fourth-order valence-corrected chi connectivity index (χ4v) is 2.24. The molecule has 1 unspecified atom stereocenters. The Morgan fingerprint density at radius 3 is 2.95 bits per heavy atom. The van der Waals surface area contributed by atoms with E-state index in [4.69, 9.17) is 10.5 Å². The zero-order valence-electron chi connectivity index (χ0n) is 10.8. The van der Waals surface area contributed by atoms with Crippen LogP contribution in [0.3, 0.4) is 0 Å². The van der Waals surface area contributed by atoms with Gasteiger partial charge in [-0.15, -0.1) is 0 Å². The maximum absolute atomic E-state index is 11.8. The Morgan fingerprint density at radius 2 is 2.26 bits per heavy atom. The molecule has 0 saturated carbocycles. The Balaban J connectivity index is 2.39. The summed E-state index contributed by atoms with van der Waals surface area (Å²) in [6.07, 6.45) is 0. The lowest BCUT2D eigenvalue weighted by molar-refractivity contribution is -0.123. The van der Waals surface area contributed by atoms with Gasteiger partial charge < -0.3 is 20.7 Å². The highest BCUT2D eigenvalue weighted by Gasteiger charge is 2.30. The fraction of sp³-hybridized carbons (Fsp3) is 0.385. The molecule has 0 bridgehead atoms. The summed E-state index contributed by atoms with van der Waals surface area (Å²) in [6, 6.07) is 6.60. The van der Waals surface area contributed by atoms with Crippen molar-refractivity contribution in [2.45, 2.75) is 6.04 Å². The summed E-state index contributed by atoms with van der Waals surface area (Å²) in [5.41, 5.74) is 6.78. The number of amides is 1. The fourth-order valence-electron chi connectivity index (χ4n) is 2.24. The third-order valence-electron chi connectivity index (χ3n) is 3.17. The summed E-state index contributed by atoms with van der Waals surface area (Å²) in [5, 5.41) is 2.77. The molecule has 0 aromatic heterocycles. The molecule has 2 rings (SSSR count). The first-order valence-corrected chi connectivity index (χ1v) is 6.10. The second-order valence-corrected chi connectivity index (χ2v) is 4.24. The van der Waals surface area contributed by atoms with Crippen molar-refractivity contribution in [1.82, 2.24) is 5.32 Å². The van der Waals surface area contributed by atoms with E-state index in [1.807, 2.05) is 11.0 Å². The molecule has 1 saturated heterocycles. The van der Waals surface area contributed by atoms with Crippen molar-refractivity contribution in [3.05, 3.63) is 29.8 Å². The van der Waals surface area contributed by atoms with Gasteiger partial charge in [0.2, 0.25) is 5.91 Å². The molecule has 1 amide bonds. The lowest BCUT2D eigenvalue weighted by atomic mass is 10.1. The molecule has 0 aliphatic carbocycles. The van der Waals surface area contributed by atoms with Gasteiger partial charge in [0.25, 0.3) is 0 Å². The SMILES string of the molecule is COC(=O)c1ccccc1N1CCNC(=O)C1CN. The summed E-state index contributed by atoms with van der Waals surface area (Å²) in [7, 11) is 1.34. The summed E-state index contributed by atoms with van der Waals surface area (Å²) in [5.74, 6) is -0.536. The predicted octanol–water partition coefficient (Wildman–Crippen LogP) is -0.263. The number of carbonyl (C=O) groups excluding carboxylic acids is 2. The van der Waals surface area contributed by atoms with Crippen molar-refractivity contribution in [2.24, 2.45) is 5.73 Å². The highest BCUT2D eigenvalue weighted by atomic mass is 16.5.